The summed E-state index contributed by atoms with van der Waals surface area (Å²) in [5, 5.41) is 0.621. The Balaban J connectivity index is 1.82. The lowest BCUT2D eigenvalue weighted by Gasteiger charge is -2.29. The third kappa shape index (κ3) is 2.69. The molecular weight excluding hydrogens is 319 g/mol. The molecule has 1 aliphatic rings. The number of rotatable bonds is 2. The summed E-state index contributed by atoms with van der Waals surface area (Å²) in [4.78, 5) is 0. The number of ether oxygens (including phenoxy) is 2. The van der Waals surface area contributed by atoms with Gasteiger partial charge in [0.25, 0.3) is 0 Å². The summed E-state index contributed by atoms with van der Waals surface area (Å²) >= 11 is 18.4. The summed E-state index contributed by atoms with van der Waals surface area (Å²) < 4.78 is 11.5. The SMILES string of the molecule is Clc1ccc(C(Cl)C2COc3ccccc3O2)cc1Cl. The van der Waals surface area contributed by atoms with Gasteiger partial charge in [-0.2, -0.15) is 0 Å². The maximum Gasteiger partial charge on any atom is 0.161 e. The van der Waals surface area contributed by atoms with Crippen LogP contribution in [0.25, 0.3) is 0 Å². The minimum absolute atomic E-state index is 0.274. The van der Waals surface area contributed by atoms with Crippen molar-refractivity contribution < 1.29 is 9.47 Å². The van der Waals surface area contributed by atoms with Gasteiger partial charge in [0, 0.05) is 0 Å². The fraction of sp³-hybridized carbons (Fsp3) is 0.200. The Bertz CT molecular complexity index is 630. The Morgan fingerprint density at radius 3 is 2.50 bits per heavy atom. The molecule has 0 saturated heterocycles. The smallest absolute Gasteiger partial charge is 0.161 e. The monoisotopic (exact) mass is 328 g/mol. The first kappa shape index (κ1) is 13.9. The molecule has 0 N–H and O–H groups in total. The van der Waals surface area contributed by atoms with Crippen LogP contribution in [0, 0.1) is 0 Å². The number of hydrogen-bond donors (Lipinski definition) is 0. The van der Waals surface area contributed by atoms with Crippen molar-refractivity contribution in [1.82, 2.24) is 0 Å². The first-order valence-electron chi connectivity index (χ1n) is 6.12. The van der Waals surface area contributed by atoms with Crippen molar-refractivity contribution in [2.45, 2.75) is 11.5 Å². The van der Waals surface area contributed by atoms with Gasteiger partial charge in [0.1, 0.15) is 6.61 Å². The molecule has 20 heavy (non-hydrogen) atoms. The van der Waals surface area contributed by atoms with Crippen LogP contribution < -0.4 is 9.47 Å². The minimum atomic E-state index is -0.363. The molecule has 0 aliphatic carbocycles. The fourth-order valence-electron chi connectivity index (χ4n) is 2.08. The average Bonchev–Trinajstić information content (AvgIpc) is 2.49. The maximum absolute atomic E-state index is 6.47. The lowest BCUT2D eigenvalue weighted by molar-refractivity contribution is 0.0877. The molecule has 0 bridgehead atoms. The second-order valence-corrected chi connectivity index (χ2v) is 5.77. The fourth-order valence-corrected chi connectivity index (χ4v) is 2.65. The molecule has 2 aromatic carbocycles. The Hall–Kier alpha value is -1.09. The van der Waals surface area contributed by atoms with E-state index in [4.69, 9.17) is 44.3 Å². The quantitative estimate of drug-likeness (QED) is 0.713. The molecule has 2 nitrogen and oxygen atoms in total. The van der Waals surface area contributed by atoms with Crippen LogP contribution in [0.5, 0.6) is 11.5 Å². The summed E-state index contributed by atoms with van der Waals surface area (Å²) in [6, 6.07) is 12.9. The molecule has 2 atom stereocenters. The van der Waals surface area contributed by atoms with E-state index in [0.717, 1.165) is 11.3 Å². The van der Waals surface area contributed by atoms with E-state index in [-0.39, 0.29) is 11.5 Å². The molecule has 0 amide bonds. The van der Waals surface area contributed by atoms with Gasteiger partial charge in [-0.25, -0.2) is 0 Å². The molecule has 0 fully saturated rings. The maximum atomic E-state index is 6.47. The van der Waals surface area contributed by atoms with E-state index in [9.17, 15) is 0 Å². The van der Waals surface area contributed by atoms with E-state index in [2.05, 4.69) is 0 Å². The highest BCUT2D eigenvalue weighted by molar-refractivity contribution is 6.42. The topological polar surface area (TPSA) is 18.5 Å². The zero-order valence-corrected chi connectivity index (χ0v) is 12.6. The van der Waals surface area contributed by atoms with E-state index in [1.807, 2.05) is 30.3 Å². The van der Waals surface area contributed by atoms with Crippen LogP contribution in [-0.2, 0) is 0 Å². The molecule has 3 rings (SSSR count). The molecule has 2 unspecified atom stereocenters. The van der Waals surface area contributed by atoms with Crippen LogP contribution in [0.1, 0.15) is 10.9 Å². The van der Waals surface area contributed by atoms with Crippen molar-refractivity contribution in [2.75, 3.05) is 6.61 Å². The van der Waals surface area contributed by atoms with Gasteiger partial charge < -0.3 is 9.47 Å². The standard InChI is InChI=1S/C15H11Cl3O2/c16-10-6-5-9(7-11(10)17)15(18)14-8-19-12-3-1-2-4-13(12)20-14/h1-7,14-15H,8H2. The summed E-state index contributed by atoms with van der Waals surface area (Å²) in [5.41, 5.74) is 0.856. The molecule has 1 aliphatic heterocycles. The first-order chi connectivity index (χ1) is 9.65. The largest absolute Gasteiger partial charge is 0.486 e. The molecule has 1 heterocycles. The van der Waals surface area contributed by atoms with Gasteiger partial charge >= 0.3 is 0 Å². The van der Waals surface area contributed by atoms with Gasteiger partial charge in [0.05, 0.1) is 15.4 Å². The van der Waals surface area contributed by atoms with Crippen LogP contribution >= 0.6 is 34.8 Å². The van der Waals surface area contributed by atoms with Crippen molar-refractivity contribution in [3.63, 3.8) is 0 Å². The molecule has 5 heteroatoms. The predicted octanol–water partition coefficient (Wildman–Crippen LogP) is 5.11. The molecular formula is C15H11Cl3O2. The summed E-state index contributed by atoms with van der Waals surface area (Å²) in [7, 11) is 0. The third-order valence-electron chi connectivity index (χ3n) is 3.12. The summed E-state index contributed by atoms with van der Waals surface area (Å²) in [6.45, 7) is 0.394. The zero-order valence-electron chi connectivity index (χ0n) is 10.4. The molecule has 0 radical (unpaired) electrons. The Kier molecular flexibility index (Phi) is 3.97. The van der Waals surface area contributed by atoms with Crippen LogP contribution in [0.15, 0.2) is 42.5 Å². The predicted molar refractivity (Wildman–Crippen MR) is 81.4 cm³/mol. The first-order valence-corrected chi connectivity index (χ1v) is 7.32. The van der Waals surface area contributed by atoms with Gasteiger partial charge in [-0.05, 0) is 29.8 Å². The van der Waals surface area contributed by atoms with Crippen molar-refractivity contribution in [3.05, 3.63) is 58.1 Å². The highest BCUT2D eigenvalue weighted by atomic mass is 35.5. The Morgan fingerprint density at radius 2 is 1.75 bits per heavy atom. The second-order valence-electron chi connectivity index (χ2n) is 4.49. The van der Waals surface area contributed by atoms with Crippen LogP contribution in [-0.4, -0.2) is 12.7 Å². The van der Waals surface area contributed by atoms with E-state index in [1.54, 1.807) is 12.1 Å². The lowest BCUT2D eigenvalue weighted by atomic mass is 10.1. The minimum Gasteiger partial charge on any atom is -0.486 e. The Labute approximate surface area is 132 Å². The number of benzene rings is 2. The van der Waals surface area contributed by atoms with Crippen LogP contribution in [0.4, 0.5) is 0 Å². The number of hydrogen-bond acceptors (Lipinski definition) is 2. The van der Waals surface area contributed by atoms with Gasteiger partial charge in [-0.15, -0.1) is 11.6 Å². The number of halogens is 3. The third-order valence-corrected chi connectivity index (χ3v) is 4.39. The average molecular weight is 330 g/mol. The lowest BCUT2D eigenvalue weighted by Crippen LogP contribution is -2.32. The number of para-hydroxylation sites is 2. The van der Waals surface area contributed by atoms with Crippen LogP contribution in [0.3, 0.4) is 0 Å². The molecule has 0 spiro atoms. The van der Waals surface area contributed by atoms with Gasteiger partial charge in [-0.1, -0.05) is 41.4 Å². The molecule has 0 saturated carbocycles. The van der Waals surface area contributed by atoms with Gasteiger partial charge in [0.2, 0.25) is 0 Å². The molecule has 0 aromatic heterocycles. The summed E-state index contributed by atoms with van der Waals surface area (Å²) in [6.07, 6.45) is -0.274. The van der Waals surface area contributed by atoms with E-state index in [0.29, 0.717) is 22.4 Å². The van der Waals surface area contributed by atoms with E-state index in [1.165, 1.54) is 0 Å². The van der Waals surface area contributed by atoms with Crippen molar-refractivity contribution in [1.29, 1.82) is 0 Å². The van der Waals surface area contributed by atoms with Crippen molar-refractivity contribution in [3.8, 4) is 11.5 Å². The normalized spacial score (nSPS) is 18.6. The molecule has 104 valence electrons. The van der Waals surface area contributed by atoms with Gasteiger partial charge in [0.15, 0.2) is 17.6 Å². The van der Waals surface area contributed by atoms with Crippen LogP contribution in [0.2, 0.25) is 10.0 Å². The highest BCUT2D eigenvalue weighted by Gasteiger charge is 2.28. The van der Waals surface area contributed by atoms with Gasteiger partial charge in [-0.3, -0.25) is 0 Å². The van der Waals surface area contributed by atoms with Crippen molar-refractivity contribution in [2.24, 2.45) is 0 Å². The number of alkyl halides is 1. The van der Waals surface area contributed by atoms with E-state index < -0.39 is 0 Å². The second kappa shape index (κ2) is 5.72. The highest BCUT2D eigenvalue weighted by Crippen LogP contribution is 2.37. The van der Waals surface area contributed by atoms with E-state index >= 15 is 0 Å². The summed E-state index contributed by atoms with van der Waals surface area (Å²) in [5.74, 6) is 1.44. The Morgan fingerprint density at radius 1 is 1.00 bits per heavy atom. The van der Waals surface area contributed by atoms with Crippen molar-refractivity contribution >= 4 is 34.8 Å². The zero-order chi connectivity index (χ0) is 14.1. The number of fused-ring (bicyclic) bond motifs is 1. The molecule has 2 aromatic rings.